The number of halogens is 1. The van der Waals surface area contributed by atoms with Crippen molar-refractivity contribution in [2.24, 2.45) is 0 Å². The molecule has 0 aromatic carbocycles. The first-order valence-electron chi connectivity index (χ1n) is 4.61. The van der Waals surface area contributed by atoms with Gasteiger partial charge in [-0.1, -0.05) is 23.4 Å². The normalized spacial score (nSPS) is 14.5. The van der Waals surface area contributed by atoms with Crippen molar-refractivity contribution in [2.45, 2.75) is 19.1 Å². The molecular weight excluding hydrogens is 250 g/mol. The van der Waals surface area contributed by atoms with Gasteiger partial charge < -0.3 is 10.2 Å². The Morgan fingerprint density at radius 1 is 1.56 bits per heavy atom. The van der Waals surface area contributed by atoms with Crippen LogP contribution in [-0.4, -0.2) is 32.2 Å². The molecule has 0 amide bonds. The van der Waals surface area contributed by atoms with Gasteiger partial charge >= 0.3 is 0 Å². The summed E-state index contributed by atoms with van der Waals surface area (Å²) in [6.07, 6.45) is -0.739. The third kappa shape index (κ3) is 4.09. The molecule has 0 bridgehead atoms. The number of hydrogen-bond donors (Lipinski definition) is 2. The molecule has 6 heteroatoms. The first-order valence-corrected chi connectivity index (χ1v) is 5.98. The summed E-state index contributed by atoms with van der Waals surface area (Å²) in [5.74, 6) is 0.140. The zero-order chi connectivity index (χ0) is 12.1. The van der Waals surface area contributed by atoms with Crippen LogP contribution in [0.1, 0.15) is 18.7 Å². The van der Waals surface area contributed by atoms with E-state index in [-0.39, 0.29) is 10.9 Å². The number of rotatable bonds is 4. The molecule has 2 atom stereocenters. The number of hydrogen-bond acceptors (Lipinski definition) is 5. The average molecular weight is 262 g/mol. The lowest BCUT2D eigenvalue weighted by Gasteiger charge is -2.16. The van der Waals surface area contributed by atoms with Crippen LogP contribution in [0, 0.1) is 0 Å². The van der Waals surface area contributed by atoms with E-state index >= 15 is 0 Å². The van der Waals surface area contributed by atoms with Gasteiger partial charge in [-0.2, -0.15) is 0 Å². The fraction of sp³-hybridized carbons (Fsp3) is 0.400. The number of thioether (sulfide) groups is 1. The highest BCUT2D eigenvalue weighted by Crippen LogP contribution is 2.19. The molecule has 0 radical (unpaired) electrons. The van der Waals surface area contributed by atoms with Crippen molar-refractivity contribution in [2.75, 3.05) is 5.75 Å². The summed E-state index contributed by atoms with van der Waals surface area (Å²) >= 11 is 6.61. The fourth-order valence-electron chi connectivity index (χ4n) is 1.05. The second-order valence-corrected chi connectivity index (χ2v) is 4.85. The molecule has 1 aromatic heterocycles. The Bertz CT molecular complexity index is 358. The molecule has 2 unspecified atom stereocenters. The second kappa shape index (κ2) is 6.20. The molecule has 0 fully saturated rings. The van der Waals surface area contributed by atoms with Crippen molar-refractivity contribution < 1.29 is 15.0 Å². The number of carbonyl (C=O) groups is 1. The quantitative estimate of drug-likeness (QED) is 0.858. The summed E-state index contributed by atoms with van der Waals surface area (Å²) in [6.45, 7) is 1.41. The van der Waals surface area contributed by atoms with Crippen LogP contribution in [0.4, 0.5) is 0 Å². The summed E-state index contributed by atoms with van der Waals surface area (Å²) < 4.78 is 0. The van der Waals surface area contributed by atoms with E-state index in [1.165, 1.54) is 19.2 Å². The van der Waals surface area contributed by atoms with Crippen LogP contribution in [0.5, 0.6) is 0 Å². The van der Waals surface area contributed by atoms with Crippen LogP contribution < -0.4 is 0 Å². The number of aliphatic hydroxyl groups is 2. The smallest absolute Gasteiger partial charge is 0.185 e. The van der Waals surface area contributed by atoms with Crippen molar-refractivity contribution in [3.63, 3.8) is 0 Å². The largest absolute Gasteiger partial charge is 0.389 e. The van der Waals surface area contributed by atoms with Gasteiger partial charge in [0.1, 0.15) is 6.10 Å². The zero-order valence-corrected chi connectivity index (χ0v) is 10.2. The SMILES string of the molecule is CC(=O)SCC(O)C(O)c1ccc(Cl)cn1. The van der Waals surface area contributed by atoms with E-state index < -0.39 is 12.2 Å². The predicted octanol–water partition coefficient (Wildman–Crippen LogP) is 1.41. The molecule has 0 saturated carbocycles. The molecule has 0 spiro atoms. The molecule has 1 rings (SSSR count). The van der Waals surface area contributed by atoms with Crippen molar-refractivity contribution >= 4 is 28.5 Å². The highest BCUT2D eigenvalue weighted by atomic mass is 35.5. The van der Waals surface area contributed by atoms with Gasteiger partial charge in [-0.05, 0) is 12.1 Å². The van der Waals surface area contributed by atoms with E-state index in [0.717, 1.165) is 11.8 Å². The Morgan fingerprint density at radius 3 is 2.75 bits per heavy atom. The van der Waals surface area contributed by atoms with Crippen molar-refractivity contribution in [3.05, 3.63) is 29.0 Å². The number of aliphatic hydroxyl groups excluding tert-OH is 2. The summed E-state index contributed by atoms with van der Waals surface area (Å²) in [6, 6.07) is 3.12. The van der Waals surface area contributed by atoms with E-state index in [9.17, 15) is 15.0 Å². The molecule has 16 heavy (non-hydrogen) atoms. The maximum absolute atomic E-state index is 10.7. The van der Waals surface area contributed by atoms with Gasteiger partial charge in [-0.25, -0.2) is 0 Å². The third-order valence-corrected chi connectivity index (χ3v) is 3.01. The molecule has 1 aromatic rings. The Kier molecular flexibility index (Phi) is 5.21. The lowest BCUT2D eigenvalue weighted by Crippen LogP contribution is -2.22. The summed E-state index contributed by atoms with van der Waals surface area (Å²) in [5.41, 5.74) is 0.334. The summed E-state index contributed by atoms with van der Waals surface area (Å²) in [4.78, 5) is 14.6. The van der Waals surface area contributed by atoms with Gasteiger partial charge in [0.05, 0.1) is 16.8 Å². The molecule has 0 aliphatic carbocycles. The van der Waals surface area contributed by atoms with Crippen LogP contribution in [-0.2, 0) is 4.79 Å². The molecule has 0 saturated heterocycles. The average Bonchev–Trinajstić information content (AvgIpc) is 2.26. The topological polar surface area (TPSA) is 70.4 Å². The van der Waals surface area contributed by atoms with Crippen molar-refractivity contribution in [1.82, 2.24) is 4.98 Å². The first-order chi connectivity index (χ1) is 7.50. The molecule has 4 nitrogen and oxygen atoms in total. The Balaban J connectivity index is 2.59. The van der Waals surface area contributed by atoms with Crippen LogP contribution in [0.2, 0.25) is 5.02 Å². The highest BCUT2D eigenvalue weighted by molar-refractivity contribution is 8.13. The van der Waals surface area contributed by atoms with E-state index in [0.29, 0.717) is 10.7 Å². The highest BCUT2D eigenvalue weighted by Gasteiger charge is 2.20. The summed E-state index contributed by atoms with van der Waals surface area (Å²) in [7, 11) is 0. The Morgan fingerprint density at radius 2 is 2.25 bits per heavy atom. The molecule has 1 heterocycles. The van der Waals surface area contributed by atoms with Crippen LogP contribution in [0.25, 0.3) is 0 Å². The van der Waals surface area contributed by atoms with Crippen molar-refractivity contribution in [1.29, 1.82) is 0 Å². The first kappa shape index (κ1) is 13.4. The Labute approximate surface area is 103 Å². The monoisotopic (exact) mass is 261 g/mol. The van der Waals surface area contributed by atoms with Gasteiger partial charge in [-0.15, -0.1) is 0 Å². The Hall–Kier alpha value is -0.620. The minimum atomic E-state index is -1.11. The van der Waals surface area contributed by atoms with E-state index in [1.54, 1.807) is 6.07 Å². The molecule has 0 aliphatic rings. The van der Waals surface area contributed by atoms with Gasteiger partial charge in [0.25, 0.3) is 0 Å². The predicted molar refractivity (Wildman–Crippen MR) is 63.4 cm³/mol. The molecule has 2 N–H and O–H groups in total. The standard InChI is InChI=1S/C10H12ClNO3S/c1-6(13)16-5-9(14)10(15)8-3-2-7(11)4-12-8/h2-4,9-10,14-15H,5H2,1H3. The van der Waals surface area contributed by atoms with Gasteiger partial charge in [0.15, 0.2) is 5.12 Å². The molecule has 88 valence electrons. The maximum atomic E-state index is 10.7. The minimum Gasteiger partial charge on any atom is -0.389 e. The second-order valence-electron chi connectivity index (χ2n) is 3.22. The number of carbonyl (C=O) groups excluding carboxylic acids is 1. The minimum absolute atomic E-state index is 0.102. The maximum Gasteiger partial charge on any atom is 0.185 e. The van der Waals surface area contributed by atoms with Crippen LogP contribution >= 0.6 is 23.4 Å². The van der Waals surface area contributed by atoms with E-state index in [1.807, 2.05) is 0 Å². The van der Waals surface area contributed by atoms with Crippen molar-refractivity contribution in [3.8, 4) is 0 Å². The van der Waals surface area contributed by atoms with Gasteiger partial charge in [0.2, 0.25) is 0 Å². The molecular formula is C10H12ClNO3S. The summed E-state index contributed by atoms with van der Waals surface area (Å²) in [5, 5.41) is 19.7. The van der Waals surface area contributed by atoms with Gasteiger partial charge in [0, 0.05) is 18.9 Å². The van der Waals surface area contributed by atoms with Crippen LogP contribution in [0.3, 0.4) is 0 Å². The van der Waals surface area contributed by atoms with Crippen LogP contribution in [0.15, 0.2) is 18.3 Å². The number of pyridine rings is 1. The fourth-order valence-corrected chi connectivity index (χ4v) is 1.75. The zero-order valence-electron chi connectivity index (χ0n) is 8.63. The molecule has 0 aliphatic heterocycles. The number of aromatic nitrogens is 1. The van der Waals surface area contributed by atoms with Gasteiger partial charge in [-0.3, -0.25) is 9.78 Å². The van der Waals surface area contributed by atoms with E-state index in [4.69, 9.17) is 11.6 Å². The third-order valence-electron chi connectivity index (χ3n) is 1.88. The lowest BCUT2D eigenvalue weighted by atomic mass is 10.1. The van der Waals surface area contributed by atoms with E-state index in [2.05, 4.69) is 4.98 Å². The number of nitrogens with zero attached hydrogens (tertiary/aromatic N) is 1. The lowest BCUT2D eigenvalue weighted by molar-refractivity contribution is -0.109.